The normalized spacial score (nSPS) is 19.2. The van der Waals surface area contributed by atoms with Crippen molar-refractivity contribution in [2.45, 2.75) is 38.6 Å². The van der Waals surface area contributed by atoms with Gasteiger partial charge in [-0.25, -0.2) is 0 Å². The maximum absolute atomic E-state index is 8.89. The van der Waals surface area contributed by atoms with Gasteiger partial charge in [0.2, 0.25) is 0 Å². The lowest BCUT2D eigenvalue weighted by molar-refractivity contribution is 0.395. The summed E-state index contributed by atoms with van der Waals surface area (Å²) >= 11 is 6.34. The molecular formula is C17H18ClN3. The average Bonchev–Trinajstić information content (AvgIpc) is 2.43. The highest BCUT2D eigenvalue weighted by atomic mass is 35.5. The molecule has 0 fully saturated rings. The molecule has 1 unspecified atom stereocenters. The van der Waals surface area contributed by atoms with Gasteiger partial charge in [-0.05, 0) is 55.5 Å². The first-order valence-corrected chi connectivity index (χ1v) is 7.27. The summed E-state index contributed by atoms with van der Waals surface area (Å²) in [5.74, 6) is 0.406. The molecule has 1 aromatic rings. The van der Waals surface area contributed by atoms with E-state index in [-0.39, 0.29) is 11.1 Å². The van der Waals surface area contributed by atoms with E-state index in [0.29, 0.717) is 10.9 Å². The summed E-state index contributed by atoms with van der Waals surface area (Å²) < 4.78 is 0. The van der Waals surface area contributed by atoms with Gasteiger partial charge < -0.3 is 4.90 Å². The van der Waals surface area contributed by atoms with E-state index in [9.17, 15) is 0 Å². The van der Waals surface area contributed by atoms with E-state index in [1.54, 1.807) is 6.08 Å². The van der Waals surface area contributed by atoms with E-state index >= 15 is 0 Å². The van der Waals surface area contributed by atoms with Gasteiger partial charge >= 0.3 is 0 Å². The van der Waals surface area contributed by atoms with Gasteiger partial charge in [0.05, 0.1) is 0 Å². The van der Waals surface area contributed by atoms with E-state index in [2.05, 4.69) is 32.7 Å². The molecular weight excluding hydrogens is 282 g/mol. The molecule has 4 heteroatoms. The van der Waals surface area contributed by atoms with Crippen molar-refractivity contribution >= 4 is 23.4 Å². The molecule has 21 heavy (non-hydrogen) atoms. The maximum Gasteiger partial charge on any atom is 0.130 e. The lowest BCUT2D eigenvalue weighted by Gasteiger charge is -2.45. The van der Waals surface area contributed by atoms with Crippen LogP contribution in [0.3, 0.4) is 0 Å². The zero-order valence-corrected chi connectivity index (χ0v) is 13.5. The van der Waals surface area contributed by atoms with Gasteiger partial charge in [0.15, 0.2) is 0 Å². The molecule has 0 saturated heterocycles. The van der Waals surface area contributed by atoms with Crippen molar-refractivity contribution in [3.05, 3.63) is 33.9 Å². The monoisotopic (exact) mass is 299 g/mol. The lowest BCUT2D eigenvalue weighted by Crippen LogP contribution is -2.45. The van der Waals surface area contributed by atoms with Crippen LogP contribution in [0.25, 0.3) is 6.08 Å². The zero-order valence-electron chi connectivity index (χ0n) is 12.7. The average molecular weight is 300 g/mol. The third-order valence-corrected chi connectivity index (χ3v) is 4.62. The largest absolute Gasteiger partial charge is 0.369 e. The quantitative estimate of drug-likeness (QED) is 0.718. The fraction of sp³-hybridized carbons (Fsp3) is 0.412. The third-order valence-electron chi connectivity index (χ3n) is 4.29. The van der Waals surface area contributed by atoms with Crippen LogP contribution in [0.1, 0.15) is 44.2 Å². The summed E-state index contributed by atoms with van der Waals surface area (Å²) in [5.41, 5.74) is 3.21. The Bertz CT molecular complexity index is 673. The molecule has 0 aromatic heterocycles. The Balaban J connectivity index is 2.60. The second kappa shape index (κ2) is 5.43. The molecule has 0 N–H and O–H groups in total. The van der Waals surface area contributed by atoms with Crippen molar-refractivity contribution in [2.75, 3.05) is 11.9 Å². The van der Waals surface area contributed by atoms with Crippen molar-refractivity contribution in [2.24, 2.45) is 0 Å². The van der Waals surface area contributed by atoms with Gasteiger partial charge in [-0.15, -0.1) is 0 Å². The van der Waals surface area contributed by atoms with E-state index in [1.165, 1.54) is 5.56 Å². The van der Waals surface area contributed by atoms with Gasteiger partial charge in [-0.1, -0.05) is 18.5 Å². The van der Waals surface area contributed by atoms with Crippen LogP contribution in [0.4, 0.5) is 5.69 Å². The van der Waals surface area contributed by atoms with Crippen LogP contribution in [0, 0.1) is 22.7 Å². The summed E-state index contributed by atoms with van der Waals surface area (Å²) in [6.07, 6.45) is 2.60. The van der Waals surface area contributed by atoms with Crippen LogP contribution in [0.15, 0.2) is 17.7 Å². The number of halogens is 1. The first-order chi connectivity index (χ1) is 9.80. The number of nitrogens with zero attached hydrogens (tertiary/aromatic N) is 3. The topological polar surface area (TPSA) is 50.8 Å². The Morgan fingerprint density at radius 3 is 2.57 bits per heavy atom. The smallest absolute Gasteiger partial charge is 0.130 e. The minimum atomic E-state index is 0.0639. The Morgan fingerprint density at radius 1 is 1.38 bits per heavy atom. The van der Waals surface area contributed by atoms with Crippen LogP contribution in [-0.4, -0.2) is 12.6 Å². The van der Waals surface area contributed by atoms with Gasteiger partial charge in [-0.2, -0.15) is 10.5 Å². The fourth-order valence-electron chi connectivity index (χ4n) is 2.96. The highest BCUT2D eigenvalue weighted by molar-refractivity contribution is 6.32. The molecule has 0 spiro atoms. The van der Waals surface area contributed by atoms with Gasteiger partial charge in [0.1, 0.15) is 17.7 Å². The van der Waals surface area contributed by atoms with Crippen molar-refractivity contribution < 1.29 is 0 Å². The second-order valence-corrected chi connectivity index (χ2v) is 6.60. The van der Waals surface area contributed by atoms with Gasteiger partial charge in [-0.3, -0.25) is 0 Å². The number of hydrogen-bond acceptors (Lipinski definition) is 3. The molecule has 1 atom stereocenters. The molecule has 0 radical (unpaired) electrons. The number of anilines is 1. The molecule has 1 aromatic carbocycles. The molecule has 0 aliphatic carbocycles. The summed E-state index contributed by atoms with van der Waals surface area (Å²) in [7, 11) is 2.08. The second-order valence-electron chi connectivity index (χ2n) is 6.19. The van der Waals surface area contributed by atoms with E-state index in [1.807, 2.05) is 24.3 Å². The first-order valence-electron chi connectivity index (χ1n) is 6.89. The molecule has 0 bridgehead atoms. The van der Waals surface area contributed by atoms with Crippen LogP contribution in [0.2, 0.25) is 5.02 Å². The van der Waals surface area contributed by atoms with Crippen molar-refractivity contribution in [3.63, 3.8) is 0 Å². The predicted molar refractivity (Wildman–Crippen MR) is 86.2 cm³/mol. The molecule has 0 amide bonds. The maximum atomic E-state index is 8.89. The van der Waals surface area contributed by atoms with Crippen LogP contribution < -0.4 is 4.90 Å². The highest BCUT2D eigenvalue weighted by Crippen LogP contribution is 2.44. The van der Waals surface area contributed by atoms with Crippen LogP contribution in [-0.2, 0) is 0 Å². The molecule has 3 nitrogen and oxygen atoms in total. The van der Waals surface area contributed by atoms with E-state index in [0.717, 1.165) is 17.7 Å². The molecule has 108 valence electrons. The Hall–Kier alpha value is -1.97. The summed E-state index contributed by atoms with van der Waals surface area (Å²) in [6, 6.07) is 7.68. The number of benzene rings is 1. The Morgan fingerprint density at radius 2 is 2.00 bits per heavy atom. The summed E-state index contributed by atoms with van der Waals surface area (Å²) in [5, 5.41) is 18.3. The number of fused-ring (bicyclic) bond motifs is 1. The third kappa shape index (κ3) is 2.75. The molecule has 2 rings (SSSR count). The summed E-state index contributed by atoms with van der Waals surface area (Å²) in [6.45, 7) is 6.64. The minimum Gasteiger partial charge on any atom is -0.369 e. The van der Waals surface area contributed by atoms with Crippen molar-refractivity contribution in [1.29, 1.82) is 10.5 Å². The number of rotatable bonds is 1. The SMILES string of the molecule is CC1CC(C)(C)N(C)c2cc(Cl)c(C=C(C#N)C#N)cc21. The molecule has 0 saturated carbocycles. The zero-order chi connectivity index (χ0) is 15.8. The fourth-order valence-corrected chi connectivity index (χ4v) is 3.17. The number of hydrogen-bond donors (Lipinski definition) is 0. The van der Waals surface area contributed by atoms with Crippen LogP contribution >= 0.6 is 11.6 Å². The lowest BCUT2D eigenvalue weighted by atomic mass is 9.80. The Kier molecular flexibility index (Phi) is 3.99. The minimum absolute atomic E-state index is 0.0639. The van der Waals surface area contributed by atoms with E-state index < -0.39 is 0 Å². The van der Waals surface area contributed by atoms with Crippen molar-refractivity contribution in [1.82, 2.24) is 0 Å². The predicted octanol–water partition coefficient (Wildman–Crippen LogP) is 4.49. The van der Waals surface area contributed by atoms with E-state index in [4.69, 9.17) is 22.1 Å². The molecule has 1 heterocycles. The number of allylic oxidation sites excluding steroid dienone is 1. The van der Waals surface area contributed by atoms with Crippen molar-refractivity contribution in [3.8, 4) is 12.1 Å². The van der Waals surface area contributed by atoms with Gasteiger partial charge in [0, 0.05) is 23.3 Å². The van der Waals surface area contributed by atoms with Gasteiger partial charge in [0.25, 0.3) is 0 Å². The molecule has 1 aliphatic rings. The number of nitriles is 2. The standard InChI is InChI=1S/C17H18ClN3/c1-11-8-17(2,3)21(4)16-7-15(18)13(6-14(11)16)5-12(9-19)10-20/h5-7,11H,8H2,1-4H3. The highest BCUT2D eigenvalue weighted by Gasteiger charge is 2.34. The Labute approximate surface area is 131 Å². The van der Waals surface area contributed by atoms with Crippen LogP contribution in [0.5, 0.6) is 0 Å². The first kappa shape index (κ1) is 15.4. The summed E-state index contributed by atoms with van der Waals surface area (Å²) in [4.78, 5) is 2.25. The molecule has 1 aliphatic heterocycles.